The number of nitriles is 2. The van der Waals surface area contributed by atoms with Gasteiger partial charge in [0.25, 0.3) is 11.5 Å². The molecule has 1 amide bonds. The number of anilines is 1. The minimum absolute atomic E-state index is 0.0420. The van der Waals surface area contributed by atoms with E-state index in [2.05, 4.69) is 10.5 Å². The molecule has 0 radical (unpaired) electrons. The van der Waals surface area contributed by atoms with Crippen molar-refractivity contribution >= 4 is 17.3 Å². The number of amides is 1. The first-order chi connectivity index (χ1) is 13.9. The number of likely N-dealkylation sites (N-methyl/N-ethyl adjacent to an activating group) is 1. The van der Waals surface area contributed by atoms with Crippen LogP contribution in [0.3, 0.4) is 0 Å². The predicted octanol–water partition coefficient (Wildman–Crippen LogP) is 1.58. The lowest BCUT2D eigenvalue weighted by atomic mass is 10.1. The number of aromatic nitrogens is 2. The average Bonchev–Trinajstić information content (AvgIpc) is 2.94. The van der Waals surface area contributed by atoms with Crippen LogP contribution in [0, 0.1) is 29.6 Å². The standard InChI is InChI=1S/C20H17N7O2/c1-13-18(20(29)27(26(13)3)15-7-5-4-6-8-15)24-23-16-9-10-17(14(11-21)12-22)25(2)19(16)28/h4-10,24H,1-3H3. The molecule has 29 heavy (non-hydrogen) atoms. The van der Waals surface area contributed by atoms with Crippen LogP contribution in [0.25, 0.3) is 5.69 Å². The summed E-state index contributed by atoms with van der Waals surface area (Å²) in [5.74, 6) is -0.505. The first-order valence-electron chi connectivity index (χ1n) is 8.59. The summed E-state index contributed by atoms with van der Waals surface area (Å²) in [6.45, 7) is 1.76. The molecule has 2 aromatic rings. The fourth-order valence-electron chi connectivity index (χ4n) is 2.91. The van der Waals surface area contributed by atoms with Gasteiger partial charge in [-0.25, -0.2) is 4.68 Å². The zero-order valence-corrected chi connectivity index (χ0v) is 16.0. The van der Waals surface area contributed by atoms with Crippen molar-refractivity contribution in [3.63, 3.8) is 0 Å². The first-order valence-corrected chi connectivity index (χ1v) is 8.59. The molecule has 0 saturated carbocycles. The quantitative estimate of drug-likeness (QED) is 0.633. The molecule has 1 aromatic heterocycles. The minimum atomic E-state index is -0.505. The van der Waals surface area contributed by atoms with Crippen molar-refractivity contribution in [1.82, 2.24) is 14.3 Å². The van der Waals surface area contributed by atoms with Crippen LogP contribution in [0.2, 0.25) is 0 Å². The van der Waals surface area contributed by atoms with Gasteiger partial charge < -0.3 is 4.90 Å². The Morgan fingerprint density at radius 2 is 1.72 bits per heavy atom. The Hall–Kier alpha value is -4.37. The normalized spacial score (nSPS) is 14.7. The van der Waals surface area contributed by atoms with E-state index < -0.39 is 5.91 Å². The minimum Gasteiger partial charge on any atom is -0.308 e. The molecule has 144 valence electrons. The van der Waals surface area contributed by atoms with Crippen LogP contribution in [-0.4, -0.2) is 32.9 Å². The van der Waals surface area contributed by atoms with Gasteiger partial charge in [-0.05, 0) is 31.2 Å². The Balaban J connectivity index is 1.98. The highest BCUT2D eigenvalue weighted by Crippen LogP contribution is 2.17. The Kier molecular flexibility index (Phi) is 5.15. The lowest BCUT2D eigenvalue weighted by Crippen LogP contribution is -2.35. The number of nitrogens with one attached hydrogen (secondary N) is 1. The monoisotopic (exact) mass is 387 g/mol. The van der Waals surface area contributed by atoms with Crippen molar-refractivity contribution in [2.45, 2.75) is 6.92 Å². The van der Waals surface area contributed by atoms with E-state index in [9.17, 15) is 9.59 Å². The van der Waals surface area contributed by atoms with E-state index in [1.807, 2.05) is 30.3 Å². The third-order valence-electron chi connectivity index (χ3n) is 4.61. The van der Waals surface area contributed by atoms with E-state index in [1.54, 1.807) is 30.8 Å². The molecule has 1 aromatic carbocycles. The van der Waals surface area contributed by atoms with Crippen molar-refractivity contribution in [3.8, 4) is 17.8 Å². The summed E-state index contributed by atoms with van der Waals surface area (Å²) in [6, 6.07) is 12.7. The Morgan fingerprint density at radius 3 is 2.34 bits per heavy atom. The zero-order chi connectivity index (χ0) is 21.1. The molecule has 9 heteroatoms. The van der Waals surface area contributed by atoms with Crippen LogP contribution in [0.4, 0.5) is 5.69 Å². The fourth-order valence-corrected chi connectivity index (χ4v) is 2.91. The van der Waals surface area contributed by atoms with E-state index in [-0.39, 0.29) is 28.2 Å². The van der Waals surface area contributed by atoms with Crippen LogP contribution >= 0.6 is 0 Å². The highest BCUT2D eigenvalue weighted by Gasteiger charge is 2.25. The highest BCUT2D eigenvalue weighted by molar-refractivity contribution is 6.44. The maximum atomic E-state index is 12.9. The number of benzene rings is 1. The second-order valence-corrected chi connectivity index (χ2v) is 6.23. The third kappa shape index (κ3) is 3.33. The molecule has 0 bridgehead atoms. The molecular weight excluding hydrogens is 370 g/mol. The highest BCUT2D eigenvalue weighted by atomic mass is 16.2. The Labute approximate surface area is 166 Å². The number of nitrogens with zero attached hydrogens (tertiary/aromatic N) is 6. The molecular formula is C20H17N7O2. The van der Waals surface area contributed by atoms with Crippen LogP contribution in [0.5, 0.6) is 0 Å². The van der Waals surface area contributed by atoms with Crippen molar-refractivity contribution in [2.75, 3.05) is 12.5 Å². The molecule has 0 atom stereocenters. The average molecular weight is 387 g/mol. The number of hydrazone groups is 1. The molecule has 3 rings (SSSR count). The number of carbonyl (C=O) groups excluding carboxylic acids is 1. The fraction of sp³-hybridized carbons (Fsp3) is 0.150. The van der Waals surface area contributed by atoms with Crippen LogP contribution < -0.4 is 11.0 Å². The van der Waals surface area contributed by atoms with Crippen LogP contribution in [-0.2, 0) is 11.8 Å². The van der Waals surface area contributed by atoms with Gasteiger partial charge in [0.1, 0.15) is 23.5 Å². The number of hydrogen-bond donors (Lipinski definition) is 1. The summed E-state index contributed by atoms with van der Waals surface area (Å²) in [5.41, 5.74) is 4.03. The van der Waals surface area contributed by atoms with Crippen molar-refractivity contribution in [3.05, 3.63) is 69.8 Å². The summed E-state index contributed by atoms with van der Waals surface area (Å²) in [5, 5.41) is 22.1. The topological polar surface area (TPSA) is 119 Å². The smallest absolute Gasteiger partial charge is 0.296 e. The third-order valence-corrected chi connectivity index (χ3v) is 4.61. The van der Waals surface area contributed by atoms with Crippen molar-refractivity contribution < 1.29 is 4.79 Å². The molecule has 0 aliphatic carbocycles. The number of carbonyl (C=O) groups is 1. The maximum absolute atomic E-state index is 12.9. The second-order valence-electron chi connectivity index (χ2n) is 6.23. The number of rotatable bonds is 3. The van der Waals surface area contributed by atoms with Gasteiger partial charge in [0, 0.05) is 14.1 Å². The summed E-state index contributed by atoms with van der Waals surface area (Å²) in [7, 11) is 3.20. The van der Waals surface area contributed by atoms with Gasteiger partial charge in [0.2, 0.25) is 0 Å². The van der Waals surface area contributed by atoms with Gasteiger partial charge in [-0.2, -0.15) is 15.6 Å². The molecule has 1 N–H and O–H groups in total. The summed E-state index contributed by atoms with van der Waals surface area (Å²) in [6.07, 6.45) is 2.86. The van der Waals surface area contributed by atoms with Gasteiger partial charge in [-0.15, -0.1) is 0 Å². The summed E-state index contributed by atoms with van der Waals surface area (Å²) < 4.78 is 3.19. The molecule has 0 spiro atoms. The lowest BCUT2D eigenvalue weighted by molar-refractivity contribution is -0.121. The van der Waals surface area contributed by atoms with Crippen LogP contribution in [0.1, 0.15) is 5.69 Å². The zero-order valence-electron chi connectivity index (χ0n) is 16.0. The van der Waals surface area contributed by atoms with E-state index in [0.717, 1.165) is 0 Å². The summed E-state index contributed by atoms with van der Waals surface area (Å²) in [4.78, 5) is 26.6. The van der Waals surface area contributed by atoms with Crippen molar-refractivity contribution in [2.24, 2.45) is 12.1 Å². The second kappa shape index (κ2) is 7.71. The lowest BCUT2D eigenvalue weighted by Gasteiger charge is -2.22. The largest absolute Gasteiger partial charge is 0.308 e. The molecule has 0 fully saturated rings. The molecule has 9 nitrogen and oxygen atoms in total. The van der Waals surface area contributed by atoms with Crippen molar-refractivity contribution in [1.29, 1.82) is 10.5 Å². The Bertz CT molecular complexity index is 1200. The SMILES string of the molecule is Cc1c(NN=C2C=CC(=C(C#N)C#N)N(C)C2=O)c(=O)n(-c2ccccc2)n1C. The van der Waals surface area contributed by atoms with E-state index in [1.165, 1.54) is 28.8 Å². The predicted molar refractivity (Wildman–Crippen MR) is 107 cm³/mol. The van der Waals surface area contributed by atoms with Crippen LogP contribution in [0.15, 0.2) is 63.6 Å². The molecule has 0 unspecified atom stereocenters. The van der Waals surface area contributed by atoms with E-state index in [4.69, 9.17) is 10.5 Å². The van der Waals surface area contributed by atoms with E-state index >= 15 is 0 Å². The molecule has 2 heterocycles. The number of allylic oxidation sites excluding steroid dienone is 2. The molecule has 1 aliphatic rings. The first kappa shape index (κ1) is 19.4. The molecule has 0 saturated heterocycles. The Morgan fingerprint density at radius 1 is 1.07 bits per heavy atom. The number of hydrogen-bond acceptors (Lipinski definition) is 6. The van der Waals surface area contributed by atoms with Gasteiger partial charge in [0.15, 0.2) is 5.57 Å². The van der Waals surface area contributed by atoms with Gasteiger partial charge in [-0.3, -0.25) is 19.7 Å². The van der Waals surface area contributed by atoms with E-state index in [0.29, 0.717) is 11.4 Å². The number of para-hydroxylation sites is 1. The van der Waals surface area contributed by atoms with Gasteiger partial charge in [0.05, 0.1) is 17.1 Å². The molecule has 1 aliphatic heterocycles. The van der Waals surface area contributed by atoms with Gasteiger partial charge >= 0.3 is 0 Å². The van der Waals surface area contributed by atoms with Gasteiger partial charge in [-0.1, -0.05) is 18.2 Å². The summed E-state index contributed by atoms with van der Waals surface area (Å²) >= 11 is 0. The maximum Gasteiger partial charge on any atom is 0.296 e.